The van der Waals surface area contributed by atoms with Crippen LogP contribution in [-0.4, -0.2) is 72.4 Å². The maximum Gasteiger partial charge on any atom is 0.419 e. The zero-order chi connectivity index (χ0) is 24.4. The fraction of sp³-hybridized carbons (Fsp3) is 0.391. The van der Waals surface area contributed by atoms with Crippen molar-refractivity contribution in [1.29, 1.82) is 0 Å². The molecule has 2 aromatic heterocycles. The van der Waals surface area contributed by atoms with Gasteiger partial charge in [-0.15, -0.1) is 0 Å². The number of morpholine rings is 1. The van der Waals surface area contributed by atoms with Gasteiger partial charge in [0, 0.05) is 51.0 Å². The van der Waals surface area contributed by atoms with E-state index in [1.54, 1.807) is 17.0 Å². The summed E-state index contributed by atoms with van der Waals surface area (Å²) in [5.74, 6) is 0.890. The first-order valence-corrected chi connectivity index (χ1v) is 11.3. The highest BCUT2D eigenvalue weighted by Gasteiger charge is 2.36. The lowest BCUT2D eigenvalue weighted by atomic mass is 10.2. The molecule has 35 heavy (non-hydrogen) atoms. The van der Waals surface area contributed by atoms with Crippen molar-refractivity contribution in [1.82, 2.24) is 19.9 Å². The van der Waals surface area contributed by atoms with E-state index in [1.165, 1.54) is 24.4 Å². The quantitative estimate of drug-likeness (QED) is 0.518. The van der Waals surface area contributed by atoms with Crippen molar-refractivity contribution < 1.29 is 22.3 Å². The molecule has 2 fully saturated rings. The molecule has 8 nitrogen and oxygen atoms in total. The number of nitrogens with zero attached hydrogens (tertiary/aromatic N) is 7. The van der Waals surface area contributed by atoms with Gasteiger partial charge in [-0.05, 0) is 36.4 Å². The Balaban J connectivity index is 1.41. The van der Waals surface area contributed by atoms with Crippen LogP contribution in [-0.2, 0) is 10.9 Å². The molecule has 0 atom stereocenters. The number of hydrogen-bond acceptors (Lipinski definition) is 8. The first-order chi connectivity index (χ1) is 16.9. The van der Waals surface area contributed by atoms with E-state index in [9.17, 15) is 17.6 Å². The standard InChI is InChI=1S/C23H23F4N7O/c24-17-5-3-16(4-6-17)19-29-21(31-22(30-19)34-12-14-35-15-13-34)33-10-8-32(9-11-33)20-18(23(25,26)27)2-1-7-28-20/h1-7H,8-15H2. The summed E-state index contributed by atoms with van der Waals surface area (Å²) in [7, 11) is 0. The zero-order valence-corrected chi connectivity index (χ0v) is 18.7. The number of anilines is 3. The maximum absolute atomic E-state index is 13.5. The van der Waals surface area contributed by atoms with Crippen LogP contribution in [0, 0.1) is 5.82 Å². The molecule has 5 rings (SSSR count). The van der Waals surface area contributed by atoms with Crippen LogP contribution in [0.25, 0.3) is 11.4 Å². The minimum atomic E-state index is -4.48. The Morgan fingerprint density at radius 2 is 1.34 bits per heavy atom. The van der Waals surface area contributed by atoms with Crippen molar-refractivity contribution in [2.45, 2.75) is 6.18 Å². The molecule has 0 spiro atoms. The van der Waals surface area contributed by atoms with Crippen LogP contribution in [0.2, 0.25) is 0 Å². The summed E-state index contributed by atoms with van der Waals surface area (Å²) in [4.78, 5) is 23.4. The molecular weight excluding hydrogens is 466 g/mol. The smallest absolute Gasteiger partial charge is 0.378 e. The summed E-state index contributed by atoms with van der Waals surface area (Å²) >= 11 is 0. The number of pyridine rings is 1. The van der Waals surface area contributed by atoms with E-state index in [4.69, 9.17) is 4.74 Å². The molecule has 2 aliphatic heterocycles. The Labute approximate surface area is 199 Å². The molecule has 2 aliphatic rings. The Morgan fingerprint density at radius 3 is 1.97 bits per heavy atom. The summed E-state index contributed by atoms with van der Waals surface area (Å²) in [6, 6.07) is 8.24. The lowest BCUT2D eigenvalue weighted by molar-refractivity contribution is -0.137. The number of benzene rings is 1. The molecule has 0 aliphatic carbocycles. The predicted octanol–water partition coefficient (Wildman–Crippen LogP) is 3.25. The number of ether oxygens (including phenoxy) is 1. The van der Waals surface area contributed by atoms with Gasteiger partial charge in [0.25, 0.3) is 0 Å². The number of rotatable bonds is 4. The van der Waals surface area contributed by atoms with Crippen LogP contribution in [0.3, 0.4) is 0 Å². The second kappa shape index (κ2) is 9.61. The molecule has 3 aromatic rings. The van der Waals surface area contributed by atoms with E-state index >= 15 is 0 Å². The Kier molecular flexibility index (Phi) is 6.37. The third kappa shape index (κ3) is 5.11. The summed E-state index contributed by atoms with van der Waals surface area (Å²) in [6.07, 6.45) is -3.11. The van der Waals surface area contributed by atoms with Gasteiger partial charge < -0.3 is 19.4 Å². The second-order valence-corrected chi connectivity index (χ2v) is 8.21. The van der Waals surface area contributed by atoms with Gasteiger partial charge in [-0.3, -0.25) is 0 Å². The van der Waals surface area contributed by atoms with E-state index < -0.39 is 11.7 Å². The third-order valence-corrected chi connectivity index (χ3v) is 5.96. The molecular formula is C23H23F4N7O. The van der Waals surface area contributed by atoms with Crippen LogP contribution in [0.5, 0.6) is 0 Å². The fourth-order valence-corrected chi connectivity index (χ4v) is 4.12. The number of halogens is 4. The number of piperazine rings is 1. The van der Waals surface area contributed by atoms with Gasteiger partial charge in [0.2, 0.25) is 11.9 Å². The monoisotopic (exact) mass is 489 g/mol. The third-order valence-electron chi connectivity index (χ3n) is 5.96. The van der Waals surface area contributed by atoms with Gasteiger partial charge in [0.05, 0.1) is 18.8 Å². The molecule has 2 saturated heterocycles. The molecule has 0 bridgehead atoms. The van der Waals surface area contributed by atoms with Crippen molar-refractivity contribution in [2.75, 3.05) is 67.2 Å². The van der Waals surface area contributed by atoms with Crippen LogP contribution >= 0.6 is 0 Å². The summed E-state index contributed by atoms with van der Waals surface area (Å²) in [6.45, 7) is 3.82. The molecule has 12 heteroatoms. The van der Waals surface area contributed by atoms with Crippen molar-refractivity contribution in [2.24, 2.45) is 0 Å². The van der Waals surface area contributed by atoms with Crippen molar-refractivity contribution in [3.05, 3.63) is 54.0 Å². The number of alkyl halides is 3. The average molecular weight is 489 g/mol. The van der Waals surface area contributed by atoms with E-state index in [-0.39, 0.29) is 11.6 Å². The van der Waals surface area contributed by atoms with Crippen molar-refractivity contribution in [3.63, 3.8) is 0 Å². The lowest BCUT2D eigenvalue weighted by Crippen LogP contribution is -2.48. The molecule has 0 saturated carbocycles. The van der Waals surface area contributed by atoms with Gasteiger partial charge in [0.15, 0.2) is 5.82 Å². The molecule has 0 amide bonds. The molecule has 0 N–H and O–H groups in total. The first-order valence-electron chi connectivity index (χ1n) is 11.3. The molecule has 184 valence electrons. The normalized spacial score (nSPS) is 17.1. The van der Waals surface area contributed by atoms with Gasteiger partial charge in [-0.25, -0.2) is 9.37 Å². The molecule has 1 aromatic carbocycles. The van der Waals surface area contributed by atoms with Crippen molar-refractivity contribution in [3.8, 4) is 11.4 Å². The Morgan fingerprint density at radius 1 is 0.743 bits per heavy atom. The zero-order valence-electron chi connectivity index (χ0n) is 18.7. The lowest BCUT2D eigenvalue weighted by Gasteiger charge is -2.36. The average Bonchev–Trinajstić information content (AvgIpc) is 2.89. The van der Waals surface area contributed by atoms with Gasteiger partial charge in [-0.2, -0.15) is 28.1 Å². The Bertz CT molecular complexity index is 1160. The highest BCUT2D eigenvalue weighted by Crippen LogP contribution is 2.35. The minimum absolute atomic E-state index is 0.0729. The predicted molar refractivity (Wildman–Crippen MR) is 122 cm³/mol. The number of aromatic nitrogens is 4. The van der Waals surface area contributed by atoms with E-state index in [0.717, 1.165) is 6.07 Å². The minimum Gasteiger partial charge on any atom is -0.378 e. The Hall–Kier alpha value is -3.54. The molecule has 0 unspecified atom stereocenters. The SMILES string of the molecule is Fc1ccc(-c2nc(N3CCOCC3)nc(N3CCN(c4ncccc4C(F)(F)F)CC3)n2)cc1. The van der Waals surface area contributed by atoms with Crippen LogP contribution < -0.4 is 14.7 Å². The highest BCUT2D eigenvalue weighted by atomic mass is 19.4. The van der Waals surface area contributed by atoms with Crippen LogP contribution in [0.4, 0.5) is 35.3 Å². The van der Waals surface area contributed by atoms with E-state index in [1.807, 2.05) is 9.80 Å². The van der Waals surface area contributed by atoms with Crippen molar-refractivity contribution >= 4 is 17.7 Å². The summed E-state index contributed by atoms with van der Waals surface area (Å²) < 4.78 is 59.3. The largest absolute Gasteiger partial charge is 0.419 e. The summed E-state index contributed by atoms with van der Waals surface area (Å²) in [5, 5.41) is 0. The van der Waals surface area contributed by atoms with Gasteiger partial charge in [0.1, 0.15) is 11.6 Å². The topological polar surface area (TPSA) is 70.5 Å². The fourth-order valence-electron chi connectivity index (χ4n) is 4.12. The van der Waals surface area contributed by atoms with E-state index in [2.05, 4.69) is 19.9 Å². The van der Waals surface area contributed by atoms with Gasteiger partial charge >= 0.3 is 6.18 Å². The second-order valence-electron chi connectivity index (χ2n) is 8.21. The van der Waals surface area contributed by atoms with E-state index in [0.29, 0.717) is 75.8 Å². The highest BCUT2D eigenvalue weighted by molar-refractivity contribution is 5.59. The van der Waals surface area contributed by atoms with Crippen LogP contribution in [0.15, 0.2) is 42.6 Å². The van der Waals surface area contributed by atoms with Crippen LogP contribution in [0.1, 0.15) is 5.56 Å². The molecule has 0 radical (unpaired) electrons. The number of hydrogen-bond donors (Lipinski definition) is 0. The van der Waals surface area contributed by atoms with Gasteiger partial charge in [-0.1, -0.05) is 0 Å². The maximum atomic E-state index is 13.5. The summed E-state index contributed by atoms with van der Waals surface area (Å²) in [5.41, 5.74) is -0.103. The molecule has 4 heterocycles. The first kappa shape index (κ1) is 23.2.